The fraction of sp³-hybridized carbons (Fsp3) is 0.286. The van der Waals surface area contributed by atoms with Gasteiger partial charge in [0.15, 0.2) is 0 Å². The summed E-state index contributed by atoms with van der Waals surface area (Å²) in [6.07, 6.45) is 0. The molecule has 0 aliphatic heterocycles. The van der Waals surface area contributed by atoms with Gasteiger partial charge < -0.3 is 14.8 Å². The maximum atomic E-state index is 5.74. The molecule has 0 bridgehead atoms. The van der Waals surface area contributed by atoms with Crippen LogP contribution < -0.4 is 10.1 Å². The van der Waals surface area contributed by atoms with E-state index in [0.29, 0.717) is 18.3 Å². The molecular formula is C14H17N3O2. The Balaban J connectivity index is 2.20. The lowest BCUT2D eigenvalue weighted by atomic mass is 10.2. The van der Waals surface area contributed by atoms with Gasteiger partial charge in [0.25, 0.3) is 0 Å². The van der Waals surface area contributed by atoms with E-state index in [-0.39, 0.29) is 0 Å². The summed E-state index contributed by atoms with van der Waals surface area (Å²) in [6.45, 7) is 2.39. The molecule has 0 unspecified atom stereocenters. The first kappa shape index (κ1) is 13.3. The Bertz CT molecular complexity index is 558. The van der Waals surface area contributed by atoms with Crippen molar-refractivity contribution >= 4 is 5.82 Å². The van der Waals surface area contributed by atoms with Crippen LogP contribution in [0.2, 0.25) is 0 Å². The number of nitrogens with zero attached hydrogens (tertiary/aromatic N) is 2. The molecule has 0 fully saturated rings. The van der Waals surface area contributed by atoms with Crippen LogP contribution in [0.3, 0.4) is 0 Å². The van der Waals surface area contributed by atoms with Crippen LogP contribution in [0.4, 0.5) is 5.82 Å². The molecule has 5 nitrogen and oxygen atoms in total. The predicted octanol–water partition coefficient (Wildman–Crippen LogP) is 2.77. The molecule has 1 aromatic heterocycles. The molecule has 0 saturated carbocycles. The molecule has 0 spiro atoms. The first-order valence-electron chi connectivity index (χ1n) is 6.00. The minimum Gasteiger partial charge on any atom is -0.439 e. The molecule has 0 atom stereocenters. The van der Waals surface area contributed by atoms with Crippen LogP contribution in [0.5, 0.6) is 11.6 Å². The molecule has 0 saturated heterocycles. The first-order chi connectivity index (χ1) is 9.21. The van der Waals surface area contributed by atoms with Gasteiger partial charge >= 0.3 is 0 Å². The third-order valence-corrected chi connectivity index (χ3v) is 2.50. The van der Waals surface area contributed by atoms with Crippen LogP contribution in [0.1, 0.15) is 11.4 Å². The van der Waals surface area contributed by atoms with Crippen LogP contribution in [-0.4, -0.2) is 24.1 Å². The smallest absolute Gasteiger partial charge is 0.224 e. The zero-order valence-corrected chi connectivity index (χ0v) is 11.3. The maximum Gasteiger partial charge on any atom is 0.224 e. The van der Waals surface area contributed by atoms with E-state index in [1.54, 1.807) is 13.2 Å². The van der Waals surface area contributed by atoms with E-state index in [4.69, 9.17) is 9.47 Å². The maximum absolute atomic E-state index is 5.74. The summed E-state index contributed by atoms with van der Waals surface area (Å²) >= 11 is 0. The van der Waals surface area contributed by atoms with E-state index in [1.165, 1.54) is 0 Å². The van der Waals surface area contributed by atoms with Gasteiger partial charge in [-0.15, -0.1) is 0 Å². The zero-order chi connectivity index (χ0) is 13.7. The van der Waals surface area contributed by atoms with Crippen molar-refractivity contribution in [2.45, 2.75) is 13.5 Å². The van der Waals surface area contributed by atoms with Crippen molar-refractivity contribution in [1.29, 1.82) is 0 Å². The molecule has 1 N–H and O–H groups in total. The lowest BCUT2D eigenvalue weighted by molar-refractivity contribution is 0.184. The van der Waals surface area contributed by atoms with Crippen LogP contribution in [0.25, 0.3) is 0 Å². The first-order valence-corrected chi connectivity index (χ1v) is 6.00. The third-order valence-electron chi connectivity index (χ3n) is 2.50. The fourth-order valence-electron chi connectivity index (χ4n) is 1.71. The molecule has 2 aromatic rings. The molecule has 0 amide bonds. The number of nitrogens with one attached hydrogen (secondary N) is 1. The highest BCUT2D eigenvalue weighted by atomic mass is 16.5. The van der Waals surface area contributed by atoms with Gasteiger partial charge in [-0.05, 0) is 24.6 Å². The molecule has 1 heterocycles. The fourth-order valence-corrected chi connectivity index (χ4v) is 1.71. The highest BCUT2D eigenvalue weighted by Gasteiger charge is 2.04. The van der Waals surface area contributed by atoms with E-state index in [1.807, 2.05) is 38.2 Å². The second-order valence-electron chi connectivity index (χ2n) is 4.07. The normalized spacial score (nSPS) is 10.3. The predicted molar refractivity (Wildman–Crippen MR) is 73.5 cm³/mol. The number of aryl methyl sites for hydroxylation is 1. The minimum atomic E-state index is 0.520. The molecule has 2 rings (SSSR count). The monoisotopic (exact) mass is 259 g/mol. The van der Waals surface area contributed by atoms with Gasteiger partial charge in [-0.3, -0.25) is 0 Å². The molecule has 19 heavy (non-hydrogen) atoms. The van der Waals surface area contributed by atoms with Gasteiger partial charge in [0.05, 0.1) is 6.61 Å². The Hall–Kier alpha value is -2.14. The SMILES string of the molecule is CNc1cc(Oc2cccc(COC)c2)nc(C)n1. The van der Waals surface area contributed by atoms with Crippen LogP contribution in [0.15, 0.2) is 30.3 Å². The summed E-state index contributed by atoms with van der Waals surface area (Å²) in [4.78, 5) is 8.47. The van der Waals surface area contributed by atoms with Crippen molar-refractivity contribution in [2.75, 3.05) is 19.5 Å². The van der Waals surface area contributed by atoms with E-state index in [9.17, 15) is 0 Å². The Labute approximate surface area is 112 Å². The lowest BCUT2D eigenvalue weighted by Gasteiger charge is -2.08. The van der Waals surface area contributed by atoms with Crippen molar-refractivity contribution in [2.24, 2.45) is 0 Å². The highest BCUT2D eigenvalue weighted by molar-refractivity contribution is 5.39. The Morgan fingerprint density at radius 1 is 1.21 bits per heavy atom. The number of ether oxygens (including phenoxy) is 2. The van der Waals surface area contributed by atoms with E-state index in [0.717, 1.165) is 17.1 Å². The van der Waals surface area contributed by atoms with Gasteiger partial charge in [0, 0.05) is 20.2 Å². The quantitative estimate of drug-likeness (QED) is 0.894. The molecule has 0 radical (unpaired) electrons. The van der Waals surface area contributed by atoms with Gasteiger partial charge in [-0.1, -0.05) is 12.1 Å². The Morgan fingerprint density at radius 3 is 2.79 bits per heavy atom. The second-order valence-corrected chi connectivity index (χ2v) is 4.07. The number of aromatic nitrogens is 2. The Kier molecular flexibility index (Phi) is 4.30. The number of hydrogen-bond donors (Lipinski definition) is 1. The number of benzene rings is 1. The molecular weight excluding hydrogens is 242 g/mol. The number of hydrogen-bond acceptors (Lipinski definition) is 5. The van der Waals surface area contributed by atoms with Crippen molar-refractivity contribution in [3.05, 3.63) is 41.7 Å². The molecule has 5 heteroatoms. The minimum absolute atomic E-state index is 0.520. The number of anilines is 1. The third kappa shape index (κ3) is 3.66. The van der Waals surface area contributed by atoms with Crippen LogP contribution in [0, 0.1) is 6.92 Å². The van der Waals surface area contributed by atoms with Gasteiger partial charge in [-0.2, -0.15) is 4.98 Å². The summed E-state index contributed by atoms with van der Waals surface area (Å²) in [6, 6.07) is 9.49. The summed E-state index contributed by atoms with van der Waals surface area (Å²) in [5, 5.41) is 2.97. The number of rotatable bonds is 5. The Morgan fingerprint density at radius 2 is 2.05 bits per heavy atom. The molecule has 0 aliphatic carbocycles. The average molecular weight is 259 g/mol. The van der Waals surface area contributed by atoms with Gasteiger partial charge in [0.2, 0.25) is 5.88 Å². The van der Waals surface area contributed by atoms with Crippen molar-refractivity contribution in [1.82, 2.24) is 9.97 Å². The largest absolute Gasteiger partial charge is 0.439 e. The summed E-state index contributed by atoms with van der Waals surface area (Å²) in [5.74, 6) is 2.64. The number of methoxy groups -OCH3 is 1. The van der Waals surface area contributed by atoms with Crippen LogP contribution >= 0.6 is 0 Å². The summed E-state index contributed by atoms with van der Waals surface area (Å²) in [7, 11) is 3.48. The molecule has 100 valence electrons. The van der Waals surface area contributed by atoms with Crippen molar-refractivity contribution < 1.29 is 9.47 Å². The average Bonchev–Trinajstić information content (AvgIpc) is 2.39. The standard InChI is InChI=1S/C14H17N3O2/c1-10-16-13(15-2)8-14(17-10)19-12-6-4-5-11(7-12)9-18-3/h4-8H,9H2,1-3H3,(H,15,16,17). The second kappa shape index (κ2) is 6.15. The summed E-state index contributed by atoms with van der Waals surface area (Å²) in [5.41, 5.74) is 1.06. The molecule has 1 aromatic carbocycles. The van der Waals surface area contributed by atoms with Gasteiger partial charge in [-0.25, -0.2) is 4.98 Å². The topological polar surface area (TPSA) is 56.3 Å². The van der Waals surface area contributed by atoms with Crippen molar-refractivity contribution in [3.63, 3.8) is 0 Å². The summed E-state index contributed by atoms with van der Waals surface area (Å²) < 4.78 is 10.8. The zero-order valence-electron chi connectivity index (χ0n) is 11.3. The van der Waals surface area contributed by atoms with Gasteiger partial charge in [0.1, 0.15) is 17.4 Å². The van der Waals surface area contributed by atoms with E-state index in [2.05, 4.69) is 15.3 Å². The van der Waals surface area contributed by atoms with Crippen LogP contribution in [-0.2, 0) is 11.3 Å². The van der Waals surface area contributed by atoms with E-state index < -0.39 is 0 Å². The van der Waals surface area contributed by atoms with E-state index >= 15 is 0 Å². The lowest BCUT2D eigenvalue weighted by Crippen LogP contribution is -1.99. The molecule has 0 aliphatic rings. The van der Waals surface area contributed by atoms with Crippen molar-refractivity contribution in [3.8, 4) is 11.6 Å². The highest BCUT2D eigenvalue weighted by Crippen LogP contribution is 2.22.